The smallest absolute Gasteiger partial charge is 0.122 e. The highest BCUT2D eigenvalue weighted by Gasteiger charge is 2.03. The molecule has 2 nitrogen and oxygen atoms in total. The summed E-state index contributed by atoms with van der Waals surface area (Å²) in [4.78, 5) is 0. The maximum absolute atomic E-state index is 9.59. The lowest BCUT2D eigenvalue weighted by molar-refractivity contribution is 0.441. The fourth-order valence-corrected chi connectivity index (χ4v) is 1.65. The molecule has 0 amide bonds. The van der Waals surface area contributed by atoms with Crippen LogP contribution in [0, 0.1) is 0 Å². The average Bonchev–Trinajstić information content (AvgIpc) is 2.34. The fraction of sp³-hybridized carbons (Fsp3) is 0.0667. The highest BCUT2D eigenvalue weighted by molar-refractivity contribution is 5.51. The van der Waals surface area contributed by atoms with Crippen LogP contribution >= 0.6 is 0 Å². The third-order valence-electron chi connectivity index (χ3n) is 2.56. The standard InChI is InChI=1S/C15H14O2/c16-14-10-5-11-15(17)13(14)9-4-8-12-6-2-1-3-7-12/h1-8,10-11,16-17H,9H2. The van der Waals surface area contributed by atoms with Gasteiger partial charge in [-0.15, -0.1) is 0 Å². The lowest BCUT2D eigenvalue weighted by atomic mass is 10.1. The molecule has 0 bridgehead atoms. The first kappa shape index (κ1) is 11.3. The molecule has 0 saturated carbocycles. The van der Waals surface area contributed by atoms with Crippen molar-refractivity contribution in [3.8, 4) is 11.5 Å². The molecular weight excluding hydrogens is 212 g/mol. The van der Waals surface area contributed by atoms with Crippen LogP contribution in [0.1, 0.15) is 11.1 Å². The van der Waals surface area contributed by atoms with Crippen LogP contribution in [0.4, 0.5) is 0 Å². The largest absolute Gasteiger partial charge is 0.508 e. The molecule has 86 valence electrons. The summed E-state index contributed by atoms with van der Waals surface area (Å²) in [5.74, 6) is 0.255. The molecule has 0 aliphatic rings. The van der Waals surface area contributed by atoms with Crippen molar-refractivity contribution in [3.63, 3.8) is 0 Å². The summed E-state index contributed by atoms with van der Waals surface area (Å²) in [5, 5.41) is 19.2. The summed E-state index contributed by atoms with van der Waals surface area (Å²) in [6.45, 7) is 0. The lowest BCUT2D eigenvalue weighted by Crippen LogP contribution is -1.83. The van der Waals surface area contributed by atoms with E-state index in [1.807, 2.05) is 42.5 Å². The van der Waals surface area contributed by atoms with Crippen LogP contribution in [0.2, 0.25) is 0 Å². The zero-order valence-corrected chi connectivity index (χ0v) is 9.38. The Morgan fingerprint density at radius 3 is 2.12 bits per heavy atom. The highest BCUT2D eigenvalue weighted by atomic mass is 16.3. The second-order valence-corrected chi connectivity index (χ2v) is 3.79. The first-order valence-corrected chi connectivity index (χ1v) is 5.49. The van der Waals surface area contributed by atoms with Crippen LogP contribution in [0.15, 0.2) is 54.6 Å². The SMILES string of the molecule is Oc1cccc(O)c1CC=Cc1ccccc1. The zero-order valence-electron chi connectivity index (χ0n) is 9.38. The molecule has 0 unspecified atom stereocenters. The van der Waals surface area contributed by atoms with Gasteiger partial charge in [-0.2, -0.15) is 0 Å². The summed E-state index contributed by atoms with van der Waals surface area (Å²) in [5.41, 5.74) is 1.65. The van der Waals surface area contributed by atoms with Crippen LogP contribution in [0.25, 0.3) is 6.08 Å². The molecule has 0 atom stereocenters. The van der Waals surface area contributed by atoms with Gasteiger partial charge in [-0.1, -0.05) is 48.6 Å². The van der Waals surface area contributed by atoms with E-state index in [0.29, 0.717) is 12.0 Å². The van der Waals surface area contributed by atoms with E-state index in [4.69, 9.17) is 0 Å². The molecule has 0 fully saturated rings. The molecule has 2 heteroatoms. The topological polar surface area (TPSA) is 40.5 Å². The molecule has 0 aromatic heterocycles. The summed E-state index contributed by atoms with van der Waals surface area (Å²) >= 11 is 0. The number of hydrogen-bond donors (Lipinski definition) is 2. The molecule has 0 heterocycles. The van der Waals surface area contributed by atoms with Gasteiger partial charge in [-0.3, -0.25) is 0 Å². The van der Waals surface area contributed by atoms with E-state index < -0.39 is 0 Å². The van der Waals surface area contributed by atoms with Crippen molar-refractivity contribution in [2.45, 2.75) is 6.42 Å². The molecule has 2 aromatic rings. The Balaban J connectivity index is 2.10. The number of allylic oxidation sites excluding steroid dienone is 1. The third kappa shape index (κ3) is 2.88. The molecular formula is C15H14O2. The maximum Gasteiger partial charge on any atom is 0.122 e. The zero-order chi connectivity index (χ0) is 12.1. The third-order valence-corrected chi connectivity index (χ3v) is 2.56. The predicted molar refractivity (Wildman–Crippen MR) is 69.0 cm³/mol. The van der Waals surface area contributed by atoms with Gasteiger partial charge in [0, 0.05) is 5.56 Å². The van der Waals surface area contributed by atoms with Crippen molar-refractivity contribution in [1.29, 1.82) is 0 Å². The molecule has 0 saturated heterocycles. The Morgan fingerprint density at radius 2 is 1.47 bits per heavy atom. The van der Waals surface area contributed by atoms with E-state index in [9.17, 15) is 10.2 Å². The monoisotopic (exact) mass is 226 g/mol. The van der Waals surface area contributed by atoms with Gasteiger partial charge in [-0.05, 0) is 24.1 Å². The van der Waals surface area contributed by atoms with Crippen LogP contribution < -0.4 is 0 Å². The van der Waals surface area contributed by atoms with Crippen LogP contribution in [0.5, 0.6) is 11.5 Å². The molecule has 2 aromatic carbocycles. The molecule has 0 aliphatic carbocycles. The average molecular weight is 226 g/mol. The number of phenols is 2. The molecule has 17 heavy (non-hydrogen) atoms. The van der Waals surface area contributed by atoms with Gasteiger partial charge in [0.15, 0.2) is 0 Å². The van der Waals surface area contributed by atoms with E-state index in [1.54, 1.807) is 18.2 Å². The Morgan fingerprint density at radius 1 is 0.824 bits per heavy atom. The van der Waals surface area contributed by atoms with E-state index in [0.717, 1.165) is 5.56 Å². The van der Waals surface area contributed by atoms with E-state index >= 15 is 0 Å². The molecule has 0 spiro atoms. The highest BCUT2D eigenvalue weighted by Crippen LogP contribution is 2.26. The van der Waals surface area contributed by atoms with Gasteiger partial charge in [0.1, 0.15) is 11.5 Å². The van der Waals surface area contributed by atoms with Gasteiger partial charge < -0.3 is 10.2 Å². The van der Waals surface area contributed by atoms with E-state index in [1.165, 1.54) is 0 Å². The Kier molecular flexibility index (Phi) is 3.46. The van der Waals surface area contributed by atoms with Crippen LogP contribution in [-0.2, 0) is 6.42 Å². The first-order valence-electron chi connectivity index (χ1n) is 5.49. The van der Waals surface area contributed by atoms with Crippen LogP contribution in [-0.4, -0.2) is 10.2 Å². The second kappa shape index (κ2) is 5.21. The summed E-state index contributed by atoms with van der Waals surface area (Å²) in [7, 11) is 0. The minimum Gasteiger partial charge on any atom is -0.508 e. The minimum atomic E-state index is 0.128. The summed E-state index contributed by atoms with van der Waals surface area (Å²) in [6.07, 6.45) is 4.39. The van der Waals surface area contributed by atoms with Gasteiger partial charge in [0.2, 0.25) is 0 Å². The number of phenolic OH excluding ortho intramolecular Hbond substituents is 2. The van der Waals surface area contributed by atoms with Gasteiger partial charge in [0.25, 0.3) is 0 Å². The number of benzene rings is 2. The van der Waals surface area contributed by atoms with Crippen molar-refractivity contribution in [3.05, 3.63) is 65.7 Å². The van der Waals surface area contributed by atoms with Crippen molar-refractivity contribution < 1.29 is 10.2 Å². The van der Waals surface area contributed by atoms with Crippen molar-refractivity contribution in [2.24, 2.45) is 0 Å². The van der Waals surface area contributed by atoms with E-state index in [2.05, 4.69) is 0 Å². The van der Waals surface area contributed by atoms with Crippen molar-refractivity contribution >= 4 is 6.08 Å². The molecule has 2 rings (SSSR count). The molecule has 0 aliphatic heterocycles. The predicted octanol–water partition coefficient (Wildman–Crippen LogP) is 3.35. The Labute approximate surface area is 100 Å². The van der Waals surface area contributed by atoms with E-state index in [-0.39, 0.29) is 11.5 Å². The quantitative estimate of drug-likeness (QED) is 0.842. The van der Waals surface area contributed by atoms with Crippen molar-refractivity contribution in [2.75, 3.05) is 0 Å². The number of hydrogen-bond acceptors (Lipinski definition) is 2. The fourth-order valence-electron chi connectivity index (χ4n) is 1.65. The Bertz CT molecular complexity index is 495. The van der Waals surface area contributed by atoms with Crippen LogP contribution in [0.3, 0.4) is 0 Å². The molecule has 2 N–H and O–H groups in total. The number of rotatable bonds is 3. The lowest BCUT2D eigenvalue weighted by Gasteiger charge is -2.03. The second-order valence-electron chi connectivity index (χ2n) is 3.79. The number of aromatic hydroxyl groups is 2. The van der Waals surface area contributed by atoms with Gasteiger partial charge >= 0.3 is 0 Å². The summed E-state index contributed by atoms with van der Waals surface area (Å²) < 4.78 is 0. The molecule has 0 radical (unpaired) electrons. The van der Waals surface area contributed by atoms with Gasteiger partial charge in [0.05, 0.1) is 0 Å². The normalized spacial score (nSPS) is 10.8. The van der Waals surface area contributed by atoms with Gasteiger partial charge in [-0.25, -0.2) is 0 Å². The van der Waals surface area contributed by atoms with Crippen molar-refractivity contribution in [1.82, 2.24) is 0 Å². The Hall–Kier alpha value is -2.22. The first-order chi connectivity index (χ1) is 8.27. The summed E-state index contributed by atoms with van der Waals surface area (Å²) in [6, 6.07) is 14.7. The maximum atomic E-state index is 9.59. The minimum absolute atomic E-state index is 0.128.